The van der Waals surface area contributed by atoms with E-state index < -0.39 is 0 Å². The maximum atomic E-state index is 13.4. The summed E-state index contributed by atoms with van der Waals surface area (Å²) in [6.45, 7) is 0. The van der Waals surface area contributed by atoms with Crippen molar-refractivity contribution >= 4 is 16.9 Å². The lowest BCUT2D eigenvalue weighted by Crippen LogP contribution is -2.17. The maximum Gasteiger partial charge on any atom is 0.168 e. The van der Waals surface area contributed by atoms with Gasteiger partial charge in [-0.25, -0.2) is 24.0 Å². The zero-order valence-corrected chi connectivity index (χ0v) is 17.5. The normalized spacial score (nSPS) is 12.1. The van der Waals surface area contributed by atoms with Crippen LogP contribution in [0.3, 0.4) is 0 Å². The van der Waals surface area contributed by atoms with Crippen molar-refractivity contribution in [3.63, 3.8) is 0 Å². The van der Waals surface area contributed by atoms with Crippen molar-refractivity contribution in [1.29, 1.82) is 0 Å². The molecule has 5 rings (SSSR count). The predicted molar refractivity (Wildman–Crippen MR) is 118 cm³/mol. The molecule has 3 heterocycles. The molecule has 8 nitrogen and oxygen atoms in total. The number of benzene rings is 2. The largest absolute Gasteiger partial charge is 0.497 e. The SMILES string of the molecule is COc1cccc([C@@H](Nc2ncnc3c2cnn3-c2ccc(F)cc2)c2nccn2C)c1. The molecule has 9 heteroatoms. The third-order valence-corrected chi connectivity index (χ3v) is 5.26. The minimum Gasteiger partial charge on any atom is -0.497 e. The van der Waals surface area contributed by atoms with Crippen LogP contribution in [0.15, 0.2) is 73.4 Å². The second-order valence-corrected chi connectivity index (χ2v) is 7.24. The average molecular weight is 429 g/mol. The van der Waals surface area contributed by atoms with Crippen LogP contribution in [-0.2, 0) is 7.05 Å². The van der Waals surface area contributed by atoms with Crippen LogP contribution in [0.5, 0.6) is 5.75 Å². The van der Waals surface area contributed by atoms with Crippen molar-refractivity contribution in [2.45, 2.75) is 6.04 Å². The molecule has 2 aromatic carbocycles. The zero-order chi connectivity index (χ0) is 22.1. The Balaban J connectivity index is 1.59. The molecule has 0 bridgehead atoms. The van der Waals surface area contributed by atoms with E-state index in [9.17, 15) is 4.39 Å². The molecule has 0 fully saturated rings. The van der Waals surface area contributed by atoms with Gasteiger partial charge in [0.05, 0.1) is 24.4 Å². The van der Waals surface area contributed by atoms with Gasteiger partial charge in [-0.15, -0.1) is 0 Å². The fourth-order valence-electron chi connectivity index (χ4n) is 3.64. The Morgan fingerprint density at radius 1 is 1.06 bits per heavy atom. The highest BCUT2D eigenvalue weighted by Crippen LogP contribution is 2.30. The first-order chi connectivity index (χ1) is 15.6. The lowest BCUT2D eigenvalue weighted by Gasteiger charge is -2.20. The van der Waals surface area contributed by atoms with Crippen LogP contribution in [0.1, 0.15) is 17.4 Å². The smallest absolute Gasteiger partial charge is 0.168 e. The molecule has 5 aromatic rings. The maximum absolute atomic E-state index is 13.4. The highest BCUT2D eigenvalue weighted by atomic mass is 19.1. The van der Waals surface area contributed by atoms with Crippen molar-refractivity contribution in [2.24, 2.45) is 7.05 Å². The zero-order valence-electron chi connectivity index (χ0n) is 17.5. The summed E-state index contributed by atoms with van der Waals surface area (Å²) in [6, 6.07) is 13.6. The molecule has 0 saturated carbocycles. The van der Waals surface area contributed by atoms with E-state index in [1.165, 1.54) is 18.5 Å². The number of hydrogen-bond acceptors (Lipinski definition) is 6. The van der Waals surface area contributed by atoms with Crippen LogP contribution in [0.4, 0.5) is 10.2 Å². The van der Waals surface area contributed by atoms with Gasteiger partial charge in [0.2, 0.25) is 0 Å². The lowest BCUT2D eigenvalue weighted by atomic mass is 10.1. The summed E-state index contributed by atoms with van der Waals surface area (Å²) < 4.78 is 22.4. The number of aromatic nitrogens is 6. The van der Waals surface area contributed by atoms with E-state index in [2.05, 4.69) is 25.4 Å². The summed E-state index contributed by atoms with van der Waals surface area (Å²) in [4.78, 5) is 13.4. The second kappa shape index (κ2) is 8.10. The lowest BCUT2D eigenvalue weighted by molar-refractivity contribution is 0.414. The van der Waals surface area contributed by atoms with Crippen molar-refractivity contribution in [3.8, 4) is 11.4 Å². The van der Waals surface area contributed by atoms with E-state index >= 15 is 0 Å². The minimum absolute atomic E-state index is 0.294. The number of imidazole rings is 1. The fraction of sp³-hybridized carbons (Fsp3) is 0.130. The summed E-state index contributed by atoms with van der Waals surface area (Å²) in [6.07, 6.45) is 6.83. The molecule has 0 saturated heterocycles. The summed E-state index contributed by atoms with van der Waals surface area (Å²) in [5, 5.41) is 8.69. The Labute approximate surface area is 183 Å². The molecule has 3 aromatic heterocycles. The Morgan fingerprint density at radius 2 is 1.91 bits per heavy atom. The highest BCUT2D eigenvalue weighted by molar-refractivity contribution is 5.87. The number of nitrogens with one attached hydrogen (secondary N) is 1. The molecule has 0 aliphatic carbocycles. The molecular formula is C23H20FN7O. The topological polar surface area (TPSA) is 82.7 Å². The number of hydrogen-bond donors (Lipinski definition) is 1. The van der Waals surface area contributed by atoms with Gasteiger partial charge in [-0.1, -0.05) is 12.1 Å². The van der Waals surface area contributed by atoms with Crippen LogP contribution in [0.2, 0.25) is 0 Å². The van der Waals surface area contributed by atoms with E-state index in [4.69, 9.17) is 4.74 Å². The van der Waals surface area contributed by atoms with E-state index in [0.717, 1.165) is 22.5 Å². The second-order valence-electron chi connectivity index (χ2n) is 7.24. The summed E-state index contributed by atoms with van der Waals surface area (Å²) >= 11 is 0. The van der Waals surface area contributed by atoms with Crippen molar-refractivity contribution in [3.05, 3.63) is 90.7 Å². The first-order valence-corrected chi connectivity index (χ1v) is 9.96. The third-order valence-electron chi connectivity index (χ3n) is 5.26. The van der Waals surface area contributed by atoms with E-state index in [1.54, 1.807) is 36.3 Å². The number of methoxy groups -OCH3 is 1. The molecule has 0 radical (unpaired) electrons. The number of aryl methyl sites for hydroxylation is 1. The van der Waals surface area contributed by atoms with Gasteiger partial charge in [0, 0.05) is 19.4 Å². The average Bonchev–Trinajstić information content (AvgIpc) is 3.45. The van der Waals surface area contributed by atoms with Crippen LogP contribution >= 0.6 is 0 Å². The Hall–Kier alpha value is -4.27. The third kappa shape index (κ3) is 3.53. The Kier molecular flexibility index (Phi) is 4.98. The molecule has 0 aliphatic heterocycles. The number of nitrogens with zero attached hydrogens (tertiary/aromatic N) is 6. The van der Waals surface area contributed by atoms with Gasteiger partial charge >= 0.3 is 0 Å². The quantitative estimate of drug-likeness (QED) is 0.441. The highest BCUT2D eigenvalue weighted by Gasteiger charge is 2.21. The van der Waals surface area contributed by atoms with Crippen LogP contribution in [0.25, 0.3) is 16.7 Å². The number of fused-ring (bicyclic) bond motifs is 1. The van der Waals surface area contributed by atoms with Crippen molar-refractivity contribution in [1.82, 2.24) is 29.3 Å². The van der Waals surface area contributed by atoms with Gasteiger partial charge < -0.3 is 14.6 Å². The molecule has 0 aliphatic rings. The molecule has 1 atom stereocenters. The van der Waals surface area contributed by atoms with Crippen LogP contribution < -0.4 is 10.1 Å². The van der Waals surface area contributed by atoms with Gasteiger partial charge in [0.1, 0.15) is 35.6 Å². The minimum atomic E-state index is -0.307. The van der Waals surface area contributed by atoms with Crippen molar-refractivity contribution in [2.75, 3.05) is 12.4 Å². The van der Waals surface area contributed by atoms with Crippen LogP contribution in [0, 0.1) is 5.82 Å². The van der Waals surface area contributed by atoms with Gasteiger partial charge in [-0.2, -0.15) is 5.10 Å². The Bertz CT molecular complexity index is 1380. The van der Waals surface area contributed by atoms with E-state index in [1.807, 2.05) is 42.1 Å². The molecule has 160 valence electrons. The van der Waals surface area contributed by atoms with E-state index in [0.29, 0.717) is 17.2 Å². The molecule has 0 spiro atoms. The molecular weight excluding hydrogens is 409 g/mol. The standard InChI is InChI=1S/C23H20FN7O/c1-30-11-10-25-23(30)20(15-4-3-5-18(12-15)32-2)29-21-19-13-28-31(22(19)27-14-26-21)17-8-6-16(24)7-9-17/h3-14,20H,1-2H3,(H,26,27,29)/t20-/m1/s1. The summed E-state index contributed by atoms with van der Waals surface area (Å²) in [5.74, 6) is 1.87. The predicted octanol–water partition coefficient (Wildman–Crippen LogP) is 3.90. The number of halogens is 1. The molecule has 0 unspecified atom stereocenters. The van der Waals surface area contributed by atoms with Gasteiger partial charge in [-0.05, 0) is 42.0 Å². The molecule has 32 heavy (non-hydrogen) atoms. The summed E-state index contributed by atoms with van der Waals surface area (Å²) in [7, 11) is 3.58. The number of ether oxygens (including phenoxy) is 1. The monoisotopic (exact) mass is 429 g/mol. The summed E-state index contributed by atoms with van der Waals surface area (Å²) in [5.41, 5.74) is 2.29. The van der Waals surface area contributed by atoms with Gasteiger partial charge in [-0.3, -0.25) is 0 Å². The molecule has 1 N–H and O–H groups in total. The van der Waals surface area contributed by atoms with Crippen molar-refractivity contribution < 1.29 is 9.13 Å². The fourth-order valence-corrected chi connectivity index (χ4v) is 3.64. The van der Waals surface area contributed by atoms with Gasteiger partial charge in [0.25, 0.3) is 0 Å². The number of rotatable bonds is 6. The number of anilines is 1. The van der Waals surface area contributed by atoms with Crippen LogP contribution in [-0.4, -0.2) is 36.4 Å². The Morgan fingerprint density at radius 3 is 2.66 bits per heavy atom. The molecule has 0 amide bonds. The van der Waals surface area contributed by atoms with Gasteiger partial charge in [0.15, 0.2) is 5.65 Å². The first kappa shape index (κ1) is 19.7. The first-order valence-electron chi connectivity index (χ1n) is 9.96. The van der Waals surface area contributed by atoms with E-state index in [-0.39, 0.29) is 11.9 Å².